The molecule has 1 N–H and O–H groups in total. The zero-order valence-corrected chi connectivity index (χ0v) is 13.6. The van der Waals surface area contributed by atoms with Crippen LogP contribution in [-0.2, 0) is 4.79 Å². The van der Waals surface area contributed by atoms with E-state index < -0.39 is 0 Å². The molecule has 0 radical (unpaired) electrons. The lowest BCUT2D eigenvalue weighted by molar-refractivity contribution is -0.131. The lowest BCUT2D eigenvalue weighted by Crippen LogP contribution is -2.47. The van der Waals surface area contributed by atoms with Gasteiger partial charge in [-0.1, -0.05) is 27.2 Å². The number of carbonyl (C=O) groups excluding carboxylic acids is 1. The molecule has 3 unspecified atom stereocenters. The Balaban J connectivity index is 2.08. The number of thioether (sulfide) groups is 1. The van der Waals surface area contributed by atoms with Gasteiger partial charge in [0, 0.05) is 11.3 Å². The number of nitrogens with one attached hydrogen (secondary N) is 1. The van der Waals surface area contributed by atoms with Crippen LogP contribution in [0.1, 0.15) is 53.4 Å². The maximum absolute atomic E-state index is 12.6. The van der Waals surface area contributed by atoms with Crippen molar-refractivity contribution < 1.29 is 4.79 Å². The molecule has 110 valence electrons. The molecule has 2 rings (SSSR count). The number of carbonyl (C=O) groups is 1. The molecule has 2 heterocycles. The summed E-state index contributed by atoms with van der Waals surface area (Å²) < 4.78 is 0.269. The molecule has 0 spiro atoms. The van der Waals surface area contributed by atoms with Crippen LogP contribution in [-0.4, -0.2) is 40.1 Å². The van der Waals surface area contributed by atoms with Gasteiger partial charge in [-0.2, -0.15) is 11.8 Å². The largest absolute Gasteiger partial charge is 0.324 e. The van der Waals surface area contributed by atoms with Crippen molar-refractivity contribution in [3.63, 3.8) is 0 Å². The van der Waals surface area contributed by atoms with E-state index in [2.05, 4.69) is 37.9 Å². The van der Waals surface area contributed by atoms with Gasteiger partial charge in [-0.3, -0.25) is 10.1 Å². The van der Waals surface area contributed by atoms with E-state index in [9.17, 15) is 4.79 Å². The Labute approximate surface area is 121 Å². The molecule has 2 fully saturated rings. The first-order chi connectivity index (χ1) is 8.97. The van der Waals surface area contributed by atoms with Crippen LogP contribution in [0.3, 0.4) is 0 Å². The van der Waals surface area contributed by atoms with E-state index >= 15 is 0 Å². The third-order valence-electron chi connectivity index (χ3n) is 4.30. The van der Waals surface area contributed by atoms with E-state index in [-0.39, 0.29) is 17.0 Å². The minimum Gasteiger partial charge on any atom is -0.324 e. The number of rotatable bonds is 5. The maximum Gasteiger partial charge on any atom is 0.241 e. The Morgan fingerprint density at radius 3 is 2.79 bits per heavy atom. The molecular weight excluding hydrogens is 256 g/mol. The molecule has 2 aliphatic heterocycles. The first kappa shape index (κ1) is 15.2. The smallest absolute Gasteiger partial charge is 0.241 e. The first-order valence-electron chi connectivity index (χ1n) is 7.67. The maximum atomic E-state index is 12.6. The van der Waals surface area contributed by atoms with Gasteiger partial charge in [0.05, 0.1) is 12.2 Å². The lowest BCUT2D eigenvalue weighted by Gasteiger charge is -2.34. The molecule has 1 amide bonds. The normalized spacial score (nSPS) is 35.6. The molecule has 3 nitrogen and oxygen atoms in total. The van der Waals surface area contributed by atoms with Gasteiger partial charge < -0.3 is 4.90 Å². The van der Waals surface area contributed by atoms with Gasteiger partial charge >= 0.3 is 0 Å². The first-order valence-corrected chi connectivity index (χ1v) is 8.66. The van der Waals surface area contributed by atoms with Gasteiger partial charge in [0.25, 0.3) is 0 Å². The van der Waals surface area contributed by atoms with E-state index in [0.29, 0.717) is 11.8 Å². The fourth-order valence-electron chi connectivity index (χ4n) is 3.25. The highest BCUT2D eigenvalue weighted by Crippen LogP contribution is 2.39. The van der Waals surface area contributed by atoms with E-state index in [4.69, 9.17) is 0 Å². The Bertz CT molecular complexity index is 326. The van der Waals surface area contributed by atoms with Crippen molar-refractivity contribution in [2.75, 3.05) is 12.3 Å². The summed E-state index contributed by atoms with van der Waals surface area (Å²) in [6.45, 7) is 9.79. The van der Waals surface area contributed by atoms with Gasteiger partial charge in [0.15, 0.2) is 0 Å². The van der Waals surface area contributed by atoms with Crippen molar-refractivity contribution in [2.24, 2.45) is 5.92 Å². The molecule has 2 aliphatic rings. The minimum absolute atomic E-state index is 0.0485. The van der Waals surface area contributed by atoms with E-state index in [1.807, 2.05) is 11.8 Å². The number of hydrogen-bond donors (Lipinski definition) is 1. The Kier molecular flexibility index (Phi) is 4.83. The number of amides is 1. The molecule has 0 aromatic heterocycles. The van der Waals surface area contributed by atoms with Crippen molar-refractivity contribution in [2.45, 2.75) is 70.3 Å². The summed E-state index contributed by atoms with van der Waals surface area (Å²) in [7, 11) is 0. The molecule has 4 heteroatoms. The lowest BCUT2D eigenvalue weighted by atomic mass is 10.0. The van der Waals surface area contributed by atoms with E-state index in [1.54, 1.807) is 0 Å². The Morgan fingerprint density at radius 2 is 2.26 bits per heavy atom. The van der Waals surface area contributed by atoms with Crippen LogP contribution in [0.2, 0.25) is 0 Å². The topological polar surface area (TPSA) is 32.3 Å². The second kappa shape index (κ2) is 6.04. The van der Waals surface area contributed by atoms with Crippen molar-refractivity contribution >= 4 is 17.7 Å². The summed E-state index contributed by atoms with van der Waals surface area (Å²) in [5.74, 6) is 2.05. The standard InChI is InChI=1S/C15H28N2OS/c1-5-7-12-14(18)17(13(16-12)11(2)3)10-15(4)8-6-9-19-15/h11-13,16H,5-10H2,1-4H3. The molecule has 0 saturated carbocycles. The van der Waals surface area contributed by atoms with Crippen LogP contribution in [0, 0.1) is 5.92 Å². The Morgan fingerprint density at radius 1 is 1.53 bits per heavy atom. The van der Waals surface area contributed by atoms with Crippen LogP contribution in [0.5, 0.6) is 0 Å². The van der Waals surface area contributed by atoms with Crippen LogP contribution in [0.25, 0.3) is 0 Å². The second-order valence-electron chi connectivity index (χ2n) is 6.56. The van der Waals surface area contributed by atoms with Crippen LogP contribution >= 0.6 is 11.8 Å². The summed E-state index contributed by atoms with van der Waals surface area (Å²) in [4.78, 5) is 14.7. The van der Waals surface area contributed by atoms with Crippen LogP contribution in [0.4, 0.5) is 0 Å². The van der Waals surface area contributed by atoms with Crippen LogP contribution < -0.4 is 5.32 Å². The zero-order chi connectivity index (χ0) is 14.0. The van der Waals surface area contributed by atoms with Gasteiger partial charge in [0.1, 0.15) is 0 Å². The highest BCUT2D eigenvalue weighted by Gasteiger charge is 2.43. The summed E-state index contributed by atoms with van der Waals surface area (Å²) in [6.07, 6.45) is 4.78. The average molecular weight is 284 g/mol. The zero-order valence-electron chi connectivity index (χ0n) is 12.7. The molecule has 0 aromatic rings. The molecule has 0 aromatic carbocycles. The summed E-state index contributed by atoms with van der Waals surface area (Å²) in [5, 5.41) is 3.55. The van der Waals surface area contributed by atoms with Crippen molar-refractivity contribution in [1.82, 2.24) is 10.2 Å². The van der Waals surface area contributed by atoms with Crippen molar-refractivity contribution in [3.05, 3.63) is 0 Å². The van der Waals surface area contributed by atoms with E-state index in [1.165, 1.54) is 18.6 Å². The molecule has 3 atom stereocenters. The summed E-state index contributed by atoms with van der Waals surface area (Å²) in [6, 6.07) is 0.0485. The van der Waals surface area contributed by atoms with Crippen molar-refractivity contribution in [3.8, 4) is 0 Å². The van der Waals surface area contributed by atoms with Gasteiger partial charge in [-0.25, -0.2) is 0 Å². The quantitative estimate of drug-likeness (QED) is 0.842. The van der Waals surface area contributed by atoms with E-state index in [0.717, 1.165) is 19.4 Å². The SMILES string of the molecule is CCCC1NC(C(C)C)N(CC2(C)CCCS2)C1=O. The van der Waals surface area contributed by atoms with Crippen molar-refractivity contribution in [1.29, 1.82) is 0 Å². The van der Waals surface area contributed by atoms with Crippen LogP contribution in [0.15, 0.2) is 0 Å². The molecule has 2 saturated heterocycles. The summed E-state index contributed by atoms with van der Waals surface area (Å²) >= 11 is 2.04. The third kappa shape index (κ3) is 3.27. The third-order valence-corrected chi connectivity index (χ3v) is 5.83. The molecular formula is C15H28N2OS. The Hall–Kier alpha value is -0.220. The number of nitrogens with zero attached hydrogens (tertiary/aromatic N) is 1. The molecule has 0 bridgehead atoms. The average Bonchev–Trinajstić information content (AvgIpc) is 2.89. The minimum atomic E-state index is 0.0485. The molecule has 0 aliphatic carbocycles. The second-order valence-corrected chi connectivity index (χ2v) is 8.25. The monoisotopic (exact) mass is 284 g/mol. The van der Waals surface area contributed by atoms with Gasteiger partial charge in [-0.15, -0.1) is 0 Å². The fraction of sp³-hybridized carbons (Fsp3) is 0.933. The summed E-state index contributed by atoms with van der Waals surface area (Å²) in [5.41, 5.74) is 0. The molecule has 19 heavy (non-hydrogen) atoms. The number of hydrogen-bond acceptors (Lipinski definition) is 3. The predicted molar refractivity (Wildman–Crippen MR) is 82.3 cm³/mol. The fourth-order valence-corrected chi connectivity index (χ4v) is 4.55. The van der Waals surface area contributed by atoms with Gasteiger partial charge in [0.2, 0.25) is 5.91 Å². The highest BCUT2D eigenvalue weighted by atomic mass is 32.2. The highest BCUT2D eigenvalue weighted by molar-refractivity contribution is 8.00. The van der Waals surface area contributed by atoms with Gasteiger partial charge in [-0.05, 0) is 37.9 Å². The predicted octanol–water partition coefficient (Wildman–Crippen LogP) is 2.85.